The van der Waals surface area contributed by atoms with E-state index in [1.165, 1.54) is 6.07 Å². The number of carbonyl (C=O) groups excluding carboxylic acids is 1. The maximum absolute atomic E-state index is 13.9. The van der Waals surface area contributed by atoms with Crippen molar-refractivity contribution >= 4 is 5.78 Å². The van der Waals surface area contributed by atoms with Gasteiger partial charge in [-0.15, -0.1) is 0 Å². The van der Waals surface area contributed by atoms with Crippen molar-refractivity contribution in [2.45, 2.75) is 25.4 Å². The second kappa shape index (κ2) is 4.24. The molecule has 2 aliphatic rings. The predicted octanol–water partition coefficient (Wildman–Crippen LogP) is 2.17. The highest BCUT2D eigenvalue weighted by atomic mass is 19.1. The fourth-order valence-corrected chi connectivity index (χ4v) is 2.81. The van der Waals surface area contributed by atoms with Gasteiger partial charge in [-0.3, -0.25) is 9.69 Å². The molecule has 4 nitrogen and oxygen atoms in total. The molecule has 0 amide bonds. The zero-order chi connectivity index (χ0) is 13.7. The summed E-state index contributed by atoms with van der Waals surface area (Å²) in [4.78, 5) is 14.3. The average Bonchev–Trinajstić information content (AvgIpc) is 3.20. The van der Waals surface area contributed by atoms with Gasteiger partial charge >= 0.3 is 0 Å². The van der Waals surface area contributed by atoms with Gasteiger partial charge < -0.3 is 0 Å². The Hall–Kier alpha value is -2.01. The number of ketones is 1. The molecule has 0 spiro atoms. The summed E-state index contributed by atoms with van der Waals surface area (Å²) in [5, 5.41) is 4.22. The molecule has 1 aliphatic carbocycles. The predicted molar refractivity (Wildman–Crippen MR) is 71.3 cm³/mol. The Morgan fingerprint density at radius 2 is 2.00 bits per heavy atom. The number of para-hydroxylation sites is 1. The molecule has 0 unspecified atom stereocenters. The third kappa shape index (κ3) is 1.78. The Morgan fingerprint density at radius 1 is 1.20 bits per heavy atom. The fraction of sp³-hybridized carbons (Fsp3) is 0.333. The quantitative estimate of drug-likeness (QED) is 0.840. The lowest BCUT2D eigenvalue weighted by atomic mass is 10.1. The van der Waals surface area contributed by atoms with Gasteiger partial charge in [-0.05, 0) is 25.0 Å². The molecule has 0 saturated heterocycles. The topological polar surface area (TPSA) is 38.1 Å². The van der Waals surface area contributed by atoms with Gasteiger partial charge in [0.15, 0.2) is 5.78 Å². The Kier molecular flexibility index (Phi) is 2.50. The van der Waals surface area contributed by atoms with Crippen LogP contribution in [-0.4, -0.2) is 33.1 Å². The Labute approximate surface area is 115 Å². The summed E-state index contributed by atoms with van der Waals surface area (Å²) in [6, 6.07) is 7.03. The van der Waals surface area contributed by atoms with Crippen molar-refractivity contribution in [3.63, 3.8) is 0 Å². The summed E-state index contributed by atoms with van der Waals surface area (Å²) in [6.45, 7) is 1.13. The first kappa shape index (κ1) is 11.8. The first-order chi connectivity index (χ1) is 9.74. The second-order valence-electron chi connectivity index (χ2n) is 5.43. The highest BCUT2D eigenvalue weighted by molar-refractivity contribution is 5.99. The number of aromatic nitrogens is 2. The Bertz CT molecular complexity index is 690. The number of halogens is 1. The van der Waals surface area contributed by atoms with Crippen molar-refractivity contribution in [3.05, 3.63) is 47.5 Å². The number of fused-ring (bicyclic) bond motifs is 1. The summed E-state index contributed by atoms with van der Waals surface area (Å²) in [5.41, 5.74) is 1.84. The van der Waals surface area contributed by atoms with Gasteiger partial charge in [0.25, 0.3) is 0 Å². The molecule has 1 aliphatic heterocycles. The standard InChI is InChI=1S/C15H14FN3O/c16-12-3-1-2-4-13(12)19-14-8-18(10-5-6-10)9-15(20)11(14)7-17-19/h1-4,7,10H,5-6,8-9H2. The van der Waals surface area contributed by atoms with Crippen LogP contribution in [-0.2, 0) is 6.54 Å². The first-order valence-electron chi connectivity index (χ1n) is 6.83. The molecule has 4 rings (SSSR count). The van der Waals surface area contributed by atoms with Crippen LogP contribution in [0.1, 0.15) is 28.9 Å². The highest BCUT2D eigenvalue weighted by Crippen LogP contribution is 2.32. The fourth-order valence-electron chi connectivity index (χ4n) is 2.81. The molecular weight excluding hydrogens is 257 g/mol. The molecule has 20 heavy (non-hydrogen) atoms. The Balaban J connectivity index is 1.80. The van der Waals surface area contributed by atoms with E-state index >= 15 is 0 Å². The molecule has 1 saturated carbocycles. The molecule has 1 aromatic heterocycles. The van der Waals surface area contributed by atoms with Crippen molar-refractivity contribution < 1.29 is 9.18 Å². The Morgan fingerprint density at radius 3 is 2.75 bits per heavy atom. The smallest absolute Gasteiger partial charge is 0.180 e. The molecule has 0 radical (unpaired) electrons. The lowest BCUT2D eigenvalue weighted by Crippen LogP contribution is -2.37. The van der Waals surface area contributed by atoms with E-state index in [9.17, 15) is 9.18 Å². The summed E-state index contributed by atoms with van der Waals surface area (Å²) in [7, 11) is 0. The first-order valence-corrected chi connectivity index (χ1v) is 6.83. The van der Waals surface area contributed by atoms with Crippen molar-refractivity contribution in [1.82, 2.24) is 14.7 Å². The van der Waals surface area contributed by atoms with Gasteiger partial charge in [-0.25, -0.2) is 9.07 Å². The number of Topliss-reactive ketones (excluding diaryl/α,β-unsaturated/α-hetero) is 1. The molecule has 1 aromatic carbocycles. The minimum absolute atomic E-state index is 0.0840. The molecule has 0 N–H and O–H groups in total. The number of hydrogen-bond donors (Lipinski definition) is 0. The summed E-state index contributed by atoms with van der Waals surface area (Å²) >= 11 is 0. The number of benzene rings is 1. The number of rotatable bonds is 2. The SMILES string of the molecule is O=C1CN(C2CC2)Cc2c1cnn2-c1ccccc1F. The van der Waals surface area contributed by atoms with Gasteiger partial charge in [0.2, 0.25) is 0 Å². The van der Waals surface area contributed by atoms with Crippen LogP contribution >= 0.6 is 0 Å². The van der Waals surface area contributed by atoms with Crippen LogP contribution in [0.5, 0.6) is 0 Å². The van der Waals surface area contributed by atoms with E-state index in [2.05, 4.69) is 10.00 Å². The average molecular weight is 271 g/mol. The summed E-state index contributed by atoms with van der Waals surface area (Å²) in [5.74, 6) is -0.241. The number of carbonyl (C=O) groups is 1. The largest absolute Gasteiger partial charge is 0.293 e. The summed E-state index contributed by atoms with van der Waals surface area (Å²) in [6.07, 6.45) is 3.86. The van der Waals surface area contributed by atoms with Gasteiger partial charge in [-0.2, -0.15) is 5.10 Å². The summed E-state index contributed by atoms with van der Waals surface area (Å²) < 4.78 is 15.5. The van der Waals surface area contributed by atoms with Crippen molar-refractivity contribution in [2.24, 2.45) is 0 Å². The van der Waals surface area contributed by atoms with Crippen LogP contribution in [0, 0.1) is 5.82 Å². The maximum Gasteiger partial charge on any atom is 0.180 e. The van der Waals surface area contributed by atoms with E-state index < -0.39 is 0 Å². The van der Waals surface area contributed by atoms with E-state index in [0.717, 1.165) is 18.5 Å². The number of nitrogens with zero attached hydrogens (tertiary/aromatic N) is 3. The minimum Gasteiger partial charge on any atom is -0.293 e. The van der Waals surface area contributed by atoms with E-state index in [-0.39, 0.29) is 11.6 Å². The number of hydrogen-bond acceptors (Lipinski definition) is 3. The van der Waals surface area contributed by atoms with Gasteiger partial charge in [0.1, 0.15) is 11.5 Å². The van der Waals surface area contributed by atoms with Gasteiger partial charge in [0.05, 0.1) is 24.0 Å². The molecule has 5 heteroatoms. The van der Waals surface area contributed by atoms with Crippen LogP contribution in [0.15, 0.2) is 30.5 Å². The van der Waals surface area contributed by atoms with Crippen molar-refractivity contribution in [3.8, 4) is 5.69 Å². The van der Waals surface area contributed by atoms with Crippen LogP contribution in [0.3, 0.4) is 0 Å². The minimum atomic E-state index is -0.325. The van der Waals surface area contributed by atoms with E-state index in [1.807, 2.05) is 0 Å². The van der Waals surface area contributed by atoms with Crippen LogP contribution in [0.2, 0.25) is 0 Å². The third-order valence-corrected chi connectivity index (χ3v) is 4.01. The van der Waals surface area contributed by atoms with Gasteiger partial charge in [-0.1, -0.05) is 12.1 Å². The van der Waals surface area contributed by atoms with Gasteiger partial charge in [0, 0.05) is 12.6 Å². The molecule has 0 bridgehead atoms. The normalized spacial score (nSPS) is 19.1. The van der Waals surface area contributed by atoms with Crippen LogP contribution in [0.25, 0.3) is 5.69 Å². The van der Waals surface area contributed by atoms with Crippen LogP contribution in [0.4, 0.5) is 4.39 Å². The zero-order valence-corrected chi connectivity index (χ0v) is 10.9. The molecule has 2 aromatic rings. The highest BCUT2D eigenvalue weighted by Gasteiger charge is 2.36. The molecule has 1 fully saturated rings. The van der Waals surface area contributed by atoms with Crippen molar-refractivity contribution in [1.29, 1.82) is 0 Å². The zero-order valence-electron chi connectivity index (χ0n) is 10.9. The van der Waals surface area contributed by atoms with E-state index in [1.54, 1.807) is 29.1 Å². The molecule has 0 atom stereocenters. The van der Waals surface area contributed by atoms with Crippen molar-refractivity contribution in [2.75, 3.05) is 6.54 Å². The van der Waals surface area contributed by atoms with E-state index in [0.29, 0.717) is 30.4 Å². The molecule has 2 heterocycles. The third-order valence-electron chi connectivity index (χ3n) is 4.01. The molecular formula is C15H14FN3O. The van der Waals surface area contributed by atoms with E-state index in [4.69, 9.17) is 0 Å². The maximum atomic E-state index is 13.9. The lowest BCUT2D eigenvalue weighted by molar-refractivity contribution is 0.0891. The second-order valence-corrected chi connectivity index (χ2v) is 5.43. The molecule has 102 valence electrons. The lowest BCUT2D eigenvalue weighted by Gasteiger charge is -2.26. The monoisotopic (exact) mass is 271 g/mol. The van der Waals surface area contributed by atoms with Crippen LogP contribution < -0.4 is 0 Å².